The summed E-state index contributed by atoms with van der Waals surface area (Å²) in [4.78, 5) is 2.58. The number of hydrogen-bond acceptors (Lipinski definition) is 4. The van der Waals surface area contributed by atoms with Crippen molar-refractivity contribution in [1.82, 2.24) is 4.90 Å². The van der Waals surface area contributed by atoms with Crippen molar-refractivity contribution in [3.63, 3.8) is 0 Å². The van der Waals surface area contributed by atoms with Crippen molar-refractivity contribution >= 4 is 0 Å². The molecule has 1 heterocycles. The Morgan fingerprint density at radius 3 is 2.60 bits per heavy atom. The molecule has 1 saturated heterocycles. The first-order valence-electron chi connectivity index (χ1n) is 8.06. The summed E-state index contributed by atoms with van der Waals surface area (Å²) < 4.78 is 11.3. The third kappa shape index (κ3) is 3.94. The van der Waals surface area contributed by atoms with E-state index in [1.54, 1.807) is 7.11 Å². The number of nitrogens with two attached hydrogens (primary N) is 1. The van der Waals surface area contributed by atoms with Crippen LogP contribution in [0.1, 0.15) is 53.4 Å². The van der Waals surface area contributed by atoms with Gasteiger partial charge in [0.05, 0.1) is 12.2 Å². The first kappa shape index (κ1) is 17.9. The van der Waals surface area contributed by atoms with Gasteiger partial charge in [-0.05, 0) is 39.5 Å². The zero-order chi connectivity index (χ0) is 15.2. The maximum absolute atomic E-state index is 6.24. The molecule has 4 nitrogen and oxygen atoms in total. The molecular formula is C16H34N2O2. The highest BCUT2D eigenvalue weighted by molar-refractivity contribution is 5.01. The zero-order valence-electron chi connectivity index (χ0n) is 14.1. The molecule has 1 rings (SSSR count). The lowest BCUT2D eigenvalue weighted by Gasteiger charge is -2.53. The summed E-state index contributed by atoms with van der Waals surface area (Å²) in [7, 11) is 1.77. The minimum absolute atomic E-state index is 0.0452. The second-order valence-corrected chi connectivity index (χ2v) is 6.45. The van der Waals surface area contributed by atoms with Crippen LogP contribution in [-0.2, 0) is 9.47 Å². The molecule has 1 fully saturated rings. The minimum atomic E-state index is -0.0452. The van der Waals surface area contributed by atoms with Crippen LogP contribution >= 0.6 is 0 Å². The first-order chi connectivity index (χ1) is 9.47. The number of methoxy groups -OCH3 is 1. The van der Waals surface area contributed by atoms with Crippen molar-refractivity contribution in [2.75, 3.05) is 33.4 Å². The molecule has 0 amide bonds. The van der Waals surface area contributed by atoms with Crippen LogP contribution in [0.25, 0.3) is 0 Å². The highest BCUT2D eigenvalue weighted by Crippen LogP contribution is 2.39. The molecule has 3 atom stereocenters. The van der Waals surface area contributed by atoms with Crippen LogP contribution < -0.4 is 5.73 Å². The summed E-state index contributed by atoms with van der Waals surface area (Å²) in [6, 6.07) is 0.521. The van der Waals surface area contributed by atoms with Gasteiger partial charge in [0.1, 0.15) is 0 Å². The Labute approximate surface area is 125 Å². The van der Waals surface area contributed by atoms with Gasteiger partial charge < -0.3 is 15.2 Å². The molecule has 1 aliphatic heterocycles. The fraction of sp³-hybridized carbons (Fsp3) is 1.00. The predicted octanol–water partition coefficient (Wildman–Crippen LogP) is 2.41. The van der Waals surface area contributed by atoms with Crippen molar-refractivity contribution in [3.05, 3.63) is 0 Å². The van der Waals surface area contributed by atoms with Gasteiger partial charge in [-0.1, -0.05) is 13.8 Å². The largest absolute Gasteiger partial charge is 0.383 e. The van der Waals surface area contributed by atoms with Gasteiger partial charge in [-0.25, -0.2) is 0 Å². The summed E-state index contributed by atoms with van der Waals surface area (Å²) in [5.74, 6) is 0. The number of ether oxygens (including phenoxy) is 2. The van der Waals surface area contributed by atoms with Crippen LogP contribution in [-0.4, -0.2) is 55.5 Å². The first-order valence-corrected chi connectivity index (χ1v) is 8.06. The lowest BCUT2D eigenvalue weighted by atomic mass is 9.77. The Morgan fingerprint density at radius 1 is 1.40 bits per heavy atom. The second-order valence-electron chi connectivity index (χ2n) is 6.45. The Morgan fingerprint density at radius 2 is 2.10 bits per heavy atom. The van der Waals surface area contributed by atoms with Crippen molar-refractivity contribution in [2.24, 2.45) is 5.73 Å². The normalized spacial score (nSPS) is 32.5. The third-order valence-electron chi connectivity index (χ3n) is 5.12. The van der Waals surface area contributed by atoms with E-state index < -0.39 is 0 Å². The Kier molecular flexibility index (Phi) is 6.92. The summed E-state index contributed by atoms with van der Waals surface area (Å²) in [6.45, 7) is 12.2. The van der Waals surface area contributed by atoms with Gasteiger partial charge in [-0.3, -0.25) is 4.90 Å². The molecule has 0 aromatic rings. The molecular weight excluding hydrogens is 252 g/mol. The average Bonchev–Trinajstić information content (AvgIpc) is 2.47. The maximum atomic E-state index is 6.24. The van der Waals surface area contributed by atoms with Gasteiger partial charge in [-0.2, -0.15) is 0 Å². The third-order valence-corrected chi connectivity index (χ3v) is 5.12. The number of nitrogens with zero attached hydrogens (tertiary/aromatic N) is 1. The second kappa shape index (κ2) is 7.74. The molecule has 0 aliphatic carbocycles. The quantitative estimate of drug-likeness (QED) is 0.744. The minimum Gasteiger partial charge on any atom is -0.383 e. The van der Waals surface area contributed by atoms with Crippen molar-refractivity contribution in [2.45, 2.75) is 70.6 Å². The van der Waals surface area contributed by atoms with Crippen LogP contribution in [0.5, 0.6) is 0 Å². The molecule has 3 unspecified atom stereocenters. The van der Waals surface area contributed by atoms with Crippen LogP contribution in [0.4, 0.5) is 0 Å². The monoisotopic (exact) mass is 286 g/mol. The van der Waals surface area contributed by atoms with E-state index in [4.69, 9.17) is 15.2 Å². The van der Waals surface area contributed by atoms with Crippen molar-refractivity contribution < 1.29 is 9.47 Å². The summed E-state index contributed by atoms with van der Waals surface area (Å²) in [5.41, 5.74) is 6.25. The van der Waals surface area contributed by atoms with Crippen molar-refractivity contribution in [3.8, 4) is 0 Å². The topological polar surface area (TPSA) is 47.7 Å². The van der Waals surface area contributed by atoms with E-state index >= 15 is 0 Å². The Balaban J connectivity index is 2.96. The smallest absolute Gasteiger partial charge is 0.0670 e. The summed E-state index contributed by atoms with van der Waals surface area (Å²) >= 11 is 0. The fourth-order valence-electron chi connectivity index (χ4n) is 3.42. The van der Waals surface area contributed by atoms with Gasteiger partial charge in [0, 0.05) is 38.4 Å². The van der Waals surface area contributed by atoms with E-state index in [0.717, 1.165) is 45.4 Å². The van der Waals surface area contributed by atoms with Crippen LogP contribution in [0.3, 0.4) is 0 Å². The predicted molar refractivity (Wildman–Crippen MR) is 84.0 cm³/mol. The maximum Gasteiger partial charge on any atom is 0.0670 e. The lowest BCUT2D eigenvalue weighted by Crippen LogP contribution is -2.63. The average molecular weight is 286 g/mol. The molecule has 120 valence electrons. The van der Waals surface area contributed by atoms with Gasteiger partial charge in [0.25, 0.3) is 0 Å². The van der Waals surface area contributed by atoms with E-state index in [9.17, 15) is 0 Å². The Bertz CT molecular complexity index is 288. The molecule has 20 heavy (non-hydrogen) atoms. The lowest BCUT2D eigenvalue weighted by molar-refractivity contribution is -0.138. The van der Waals surface area contributed by atoms with Gasteiger partial charge in [-0.15, -0.1) is 0 Å². The van der Waals surface area contributed by atoms with E-state index in [-0.39, 0.29) is 11.1 Å². The van der Waals surface area contributed by atoms with Gasteiger partial charge >= 0.3 is 0 Å². The highest BCUT2D eigenvalue weighted by atomic mass is 16.5. The molecule has 0 radical (unpaired) electrons. The number of hydrogen-bond donors (Lipinski definition) is 1. The van der Waals surface area contributed by atoms with Crippen molar-refractivity contribution in [1.29, 1.82) is 0 Å². The molecule has 2 N–H and O–H groups in total. The number of rotatable bonds is 8. The van der Waals surface area contributed by atoms with E-state index in [0.29, 0.717) is 12.6 Å². The Hall–Kier alpha value is -0.160. The summed E-state index contributed by atoms with van der Waals surface area (Å²) in [6.07, 6.45) is 4.21. The SMILES string of the molecule is CCC(C)N(CCOC)C1(CN)CCOC(C)(CC)C1. The molecule has 0 aromatic heterocycles. The van der Waals surface area contributed by atoms with E-state index in [1.165, 1.54) is 0 Å². The standard InChI is InChI=1S/C16H34N2O2/c1-6-14(3)18(9-11-19-5)16(13-17)8-10-20-15(4,7-2)12-16/h14H,6-13,17H2,1-5H3. The zero-order valence-corrected chi connectivity index (χ0v) is 14.1. The van der Waals surface area contributed by atoms with E-state index in [1.807, 2.05) is 0 Å². The highest BCUT2D eigenvalue weighted by Gasteiger charge is 2.46. The van der Waals surface area contributed by atoms with Crippen LogP contribution in [0, 0.1) is 0 Å². The van der Waals surface area contributed by atoms with Gasteiger partial charge in [0.2, 0.25) is 0 Å². The molecule has 0 spiro atoms. The molecule has 1 aliphatic rings. The summed E-state index contributed by atoms with van der Waals surface area (Å²) in [5, 5.41) is 0. The van der Waals surface area contributed by atoms with E-state index in [2.05, 4.69) is 32.6 Å². The molecule has 0 bridgehead atoms. The van der Waals surface area contributed by atoms with Crippen LogP contribution in [0.15, 0.2) is 0 Å². The van der Waals surface area contributed by atoms with Gasteiger partial charge in [0.15, 0.2) is 0 Å². The molecule has 0 saturated carbocycles. The molecule has 4 heteroatoms. The molecule has 0 aromatic carbocycles. The fourth-order valence-corrected chi connectivity index (χ4v) is 3.42. The van der Waals surface area contributed by atoms with Crippen LogP contribution in [0.2, 0.25) is 0 Å².